The van der Waals surface area contributed by atoms with E-state index in [-0.39, 0.29) is 12.3 Å². The fourth-order valence-corrected chi connectivity index (χ4v) is 2.82. The van der Waals surface area contributed by atoms with Gasteiger partial charge in [0, 0.05) is 5.56 Å². The normalized spacial score (nSPS) is 19.5. The number of para-hydroxylation sites is 1. The van der Waals surface area contributed by atoms with Gasteiger partial charge in [0.25, 0.3) is 5.91 Å². The van der Waals surface area contributed by atoms with E-state index in [1.165, 1.54) is 0 Å². The zero-order chi connectivity index (χ0) is 15.6. The van der Waals surface area contributed by atoms with Crippen LogP contribution in [0.25, 0.3) is 0 Å². The summed E-state index contributed by atoms with van der Waals surface area (Å²) in [5.41, 5.74) is 0.876. The van der Waals surface area contributed by atoms with Crippen LogP contribution in [-0.4, -0.2) is 11.0 Å². The third kappa shape index (κ3) is 2.28. The van der Waals surface area contributed by atoms with E-state index >= 15 is 0 Å². The highest BCUT2D eigenvalue weighted by Gasteiger charge is 2.48. The second-order valence-corrected chi connectivity index (χ2v) is 5.36. The highest BCUT2D eigenvalue weighted by atomic mass is 16.3. The molecule has 2 aromatic carbocycles. The predicted octanol–water partition coefficient (Wildman–Crippen LogP) is 2.83. The van der Waals surface area contributed by atoms with Crippen LogP contribution in [0.2, 0.25) is 0 Å². The summed E-state index contributed by atoms with van der Waals surface area (Å²) >= 11 is 0. The Bertz CT molecular complexity index is 758. The lowest BCUT2D eigenvalue weighted by atomic mass is 9.92. The van der Waals surface area contributed by atoms with E-state index in [0.717, 1.165) is 11.3 Å². The Morgan fingerprint density at radius 2 is 1.77 bits per heavy atom. The Balaban J connectivity index is 2.02. The van der Waals surface area contributed by atoms with Gasteiger partial charge in [-0.1, -0.05) is 54.5 Å². The number of nitrogens with zero attached hydrogens (tertiary/aromatic N) is 1. The molecule has 1 unspecified atom stereocenters. The summed E-state index contributed by atoms with van der Waals surface area (Å²) in [7, 11) is 0. The van der Waals surface area contributed by atoms with Gasteiger partial charge in [-0.05, 0) is 18.6 Å². The largest absolute Gasteiger partial charge is 0.374 e. The quantitative estimate of drug-likeness (QED) is 0.883. The van der Waals surface area contributed by atoms with Gasteiger partial charge in [-0.2, -0.15) is 0 Å². The highest BCUT2D eigenvalue weighted by molar-refractivity contribution is 6.06. The third-order valence-corrected chi connectivity index (χ3v) is 3.94. The Morgan fingerprint density at radius 3 is 2.50 bits per heavy atom. The molecule has 1 aliphatic rings. The first-order valence-electron chi connectivity index (χ1n) is 7.24. The molecule has 2 aromatic rings. The minimum Gasteiger partial charge on any atom is -0.374 e. The second-order valence-electron chi connectivity index (χ2n) is 5.36. The van der Waals surface area contributed by atoms with Crippen molar-refractivity contribution in [2.24, 2.45) is 0 Å². The van der Waals surface area contributed by atoms with E-state index in [1.54, 1.807) is 17.9 Å². The summed E-state index contributed by atoms with van der Waals surface area (Å²) in [6.07, 6.45) is 0.116. The summed E-state index contributed by atoms with van der Waals surface area (Å²) in [6, 6.07) is 17.1. The van der Waals surface area contributed by atoms with Crippen molar-refractivity contribution < 1.29 is 9.90 Å². The topological polar surface area (TPSA) is 40.5 Å². The fraction of sp³-hybridized carbons (Fsp3) is 0.211. The maximum atomic E-state index is 12.8. The molecule has 3 rings (SSSR count). The van der Waals surface area contributed by atoms with Crippen LogP contribution >= 0.6 is 0 Å². The van der Waals surface area contributed by atoms with E-state index in [9.17, 15) is 9.90 Å². The molecule has 0 radical (unpaired) electrons. The molecule has 110 valence electrons. The Hall–Kier alpha value is -2.57. The van der Waals surface area contributed by atoms with Crippen molar-refractivity contribution in [3.05, 3.63) is 65.7 Å². The van der Waals surface area contributed by atoms with Crippen LogP contribution in [0.4, 0.5) is 5.69 Å². The standard InChI is InChI=1S/C19H17NO2/c1-2-3-13-19(22)16-11-7-8-12-17(16)20(18(19)21)14-15-9-5-4-6-10-15/h4-12,22H,13-14H2,1H3. The first-order valence-corrected chi connectivity index (χ1v) is 7.24. The zero-order valence-electron chi connectivity index (χ0n) is 12.4. The average molecular weight is 291 g/mol. The molecule has 3 nitrogen and oxygen atoms in total. The lowest BCUT2D eigenvalue weighted by molar-refractivity contribution is -0.135. The Labute approximate surface area is 130 Å². The summed E-state index contributed by atoms with van der Waals surface area (Å²) in [4.78, 5) is 14.4. The van der Waals surface area contributed by atoms with Gasteiger partial charge < -0.3 is 10.0 Å². The summed E-state index contributed by atoms with van der Waals surface area (Å²) in [6.45, 7) is 2.15. The molecule has 0 fully saturated rings. The van der Waals surface area contributed by atoms with Crippen molar-refractivity contribution in [3.8, 4) is 11.8 Å². The molecule has 3 heteroatoms. The SMILES string of the molecule is CC#CCC1(O)C(=O)N(Cc2ccccc2)c2ccccc21. The van der Waals surface area contributed by atoms with Gasteiger partial charge in [0.2, 0.25) is 0 Å². The molecule has 1 amide bonds. The lowest BCUT2D eigenvalue weighted by Crippen LogP contribution is -2.39. The van der Waals surface area contributed by atoms with Crippen LogP contribution in [0.1, 0.15) is 24.5 Å². The molecule has 0 saturated heterocycles. The van der Waals surface area contributed by atoms with E-state index < -0.39 is 5.60 Å². The molecule has 0 spiro atoms. The van der Waals surface area contributed by atoms with Gasteiger partial charge >= 0.3 is 0 Å². The third-order valence-electron chi connectivity index (χ3n) is 3.94. The Kier molecular flexibility index (Phi) is 3.70. The van der Waals surface area contributed by atoms with Crippen LogP contribution in [0.3, 0.4) is 0 Å². The number of amides is 1. The van der Waals surface area contributed by atoms with Gasteiger partial charge in [-0.3, -0.25) is 4.79 Å². The Morgan fingerprint density at radius 1 is 1.09 bits per heavy atom. The number of hydrogen-bond donors (Lipinski definition) is 1. The number of rotatable bonds is 3. The van der Waals surface area contributed by atoms with Crippen LogP contribution in [0.15, 0.2) is 54.6 Å². The number of benzene rings is 2. The minimum absolute atomic E-state index is 0.116. The van der Waals surface area contributed by atoms with Crippen LogP contribution in [-0.2, 0) is 16.9 Å². The summed E-state index contributed by atoms with van der Waals surface area (Å²) in [5.74, 6) is 5.29. The van der Waals surface area contributed by atoms with Crippen LogP contribution in [0.5, 0.6) is 0 Å². The molecule has 1 atom stereocenters. The van der Waals surface area contributed by atoms with Crippen molar-refractivity contribution in [2.45, 2.75) is 25.5 Å². The number of hydrogen-bond acceptors (Lipinski definition) is 2. The summed E-state index contributed by atoms with van der Waals surface area (Å²) in [5, 5.41) is 10.9. The average Bonchev–Trinajstić information content (AvgIpc) is 2.77. The monoisotopic (exact) mass is 291 g/mol. The van der Waals surface area contributed by atoms with Gasteiger partial charge in [-0.25, -0.2) is 0 Å². The maximum absolute atomic E-state index is 12.8. The van der Waals surface area contributed by atoms with E-state index in [1.807, 2.05) is 48.5 Å². The first kappa shape index (κ1) is 14.4. The predicted molar refractivity (Wildman–Crippen MR) is 86.0 cm³/mol. The molecule has 0 bridgehead atoms. The molecule has 22 heavy (non-hydrogen) atoms. The lowest BCUT2D eigenvalue weighted by Gasteiger charge is -2.21. The molecule has 1 N–H and O–H groups in total. The number of aliphatic hydroxyl groups is 1. The number of anilines is 1. The van der Waals surface area contributed by atoms with Crippen molar-refractivity contribution in [2.75, 3.05) is 4.90 Å². The van der Waals surface area contributed by atoms with Gasteiger partial charge in [-0.15, -0.1) is 5.92 Å². The first-order chi connectivity index (χ1) is 10.7. The van der Waals surface area contributed by atoms with Gasteiger partial charge in [0.05, 0.1) is 18.7 Å². The minimum atomic E-state index is -1.55. The van der Waals surface area contributed by atoms with Crippen LogP contribution < -0.4 is 4.90 Å². The number of carbonyl (C=O) groups is 1. The van der Waals surface area contributed by atoms with E-state index in [0.29, 0.717) is 12.1 Å². The number of carbonyl (C=O) groups excluding carboxylic acids is 1. The van der Waals surface area contributed by atoms with E-state index in [4.69, 9.17) is 0 Å². The maximum Gasteiger partial charge on any atom is 0.265 e. The van der Waals surface area contributed by atoms with Crippen LogP contribution in [0, 0.1) is 11.8 Å². The molecule has 1 heterocycles. The molecular formula is C19H17NO2. The smallest absolute Gasteiger partial charge is 0.265 e. The van der Waals surface area contributed by atoms with Gasteiger partial charge in [0.1, 0.15) is 0 Å². The van der Waals surface area contributed by atoms with Crippen molar-refractivity contribution >= 4 is 11.6 Å². The number of fused-ring (bicyclic) bond motifs is 1. The molecule has 0 aliphatic carbocycles. The summed E-state index contributed by atoms with van der Waals surface area (Å²) < 4.78 is 0. The van der Waals surface area contributed by atoms with E-state index in [2.05, 4.69) is 11.8 Å². The molecule has 0 aromatic heterocycles. The van der Waals surface area contributed by atoms with Crippen molar-refractivity contribution in [1.82, 2.24) is 0 Å². The zero-order valence-corrected chi connectivity index (χ0v) is 12.4. The second kappa shape index (κ2) is 5.67. The molecule has 1 aliphatic heterocycles. The van der Waals surface area contributed by atoms with Crippen molar-refractivity contribution in [3.63, 3.8) is 0 Å². The molecule has 0 saturated carbocycles. The highest BCUT2D eigenvalue weighted by Crippen LogP contribution is 2.42. The van der Waals surface area contributed by atoms with Gasteiger partial charge in [0.15, 0.2) is 5.60 Å². The van der Waals surface area contributed by atoms with Crippen molar-refractivity contribution in [1.29, 1.82) is 0 Å². The fourth-order valence-electron chi connectivity index (χ4n) is 2.82. The molecular weight excluding hydrogens is 274 g/mol.